The van der Waals surface area contributed by atoms with Crippen molar-refractivity contribution in [3.63, 3.8) is 0 Å². The van der Waals surface area contributed by atoms with Gasteiger partial charge in [0.25, 0.3) is 5.91 Å². The highest BCUT2D eigenvalue weighted by atomic mass is 32.2. The number of aliphatic imine (C=N–C) groups is 1. The lowest BCUT2D eigenvalue weighted by molar-refractivity contribution is -0.122. The van der Waals surface area contributed by atoms with E-state index < -0.39 is 17.8 Å². The van der Waals surface area contributed by atoms with Crippen LogP contribution in [0.15, 0.2) is 29.3 Å². The minimum absolute atomic E-state index is 0.0867. The Hall–Kier alpha value is -1.89. The third kappa shape index (κ3) is 4.30. The van der Waals surface area contributed by atoms with E-state index in [9.17, 15) is 14.0 Å². The van der Waals surface area contributed by atoms with Gasteiger partial charge in [0.05, 0.1) is 6.54 Å². The molecule has 0 unspecified atom stereocenters. The minimum atomic E-state index is -0.679. The number of amidine groups is 1. The van der Waals surface area contributed by atoms with Crippen molar-refractivity contribution in [1.29, 1.82) is 0 Å². The molecule has 1 aliphatic rings. The highest BCUT2D eigenvalue weighted by molar-refractivity contribution is 8.14. The summed E-state index contributed by atoms with van der Waals surface area (Å²) in [6.45, 7) is 4.38. The Morgan fingerprint density at radius 3 is 2.50 bits per heavy atom. The summed E-state index contributed by atoms with van der Waals surface area (Å²) in [5.74, 6) is -0.347. The van der Waals surface area contributed by atoms with Crippen LogP contribution in [-0.4, -0.2) is 35.3 Å². The molecule has 2 amide bonds. The summed E-state index contributed by atoms with van der Waals surface area (Å²) in [4.78, 5) is 28.6. The molecule has 0 saturated heterocycles. The van der Waals surface area contributed by atoms with E-state index in [0.717, 1.165) is 5.75 Å². The highest BCUT2D eigenvalue weighted by Gasteiger charge is 2.26. The molecular formula is C15H18FN3O2S. The van der Waals surface area contributed by atoms with Crippen LogP contribution in [0.1, 0.15) is 24.2 Å². The lowest BCUT2D eigenvalue weighted by Gasteiger charge is -2.21. The van der Waals surface area contributed by atoms with Crippen LogP contribution in [0.25, 0.3) is 0 Å². The van der Waals surface area contributed by atoms with E-state index in [1.807, 2.05) is 13.8 Å². The largest absolute Gasteiger partial charge is 0.340 e. The molecular weight excluding hydrogens is 305 g/mol. The van der Waals surface area contributed by atoms with Gasteiger partial charge in [-0.1, -0.05) is 25.6 Å². The second-order valence-corrected chi connectivity index (χ2v) is 6.31. The van der Waals surface area contributed by atoms with Gasteiger partial charge in [0.15, 0.2) is 5.17 Å². The van der Waals surface area contributed by atoms with Crippen molar-refractivity contribution in [3.8, 4) is 0 Å². The Bertz CT molecular complexity index is 587. The number of thioether (sulfide) groups is 1. The quantitative estimate of drug-likeness (QED) is 0.887. The molecule has 1 atom stereocenters. The molecule has 0 radical (unpaired) electrons. The molecule has 0 saturated carbocycles. The summed E-state index contributed by atoms with van der Waals surface area (Å²) >= 11 is 1.48. The van der Waals surface area contributed by atoms with Gasteiger partial charge in [-0.05, 0) is 30.2 Å². The lowest BCUT2D eigenvalue weighted by atomic mass is 10.0. The molecule has 0 aromatic heterocycles. The molecule has 2 rings (SSSR count). The van der Waals surface area contributed by atoms with Crippen LogP contribution in [0.3, 0.4) is 0 Å². The number of carbonyl (C=O) groups excluding carboxylic acids is 2. The number of rotatable bonds is 4. The second kappa shape index (κ2) is 7.40. The zero-order valence-electron chi connectivity index (χ0n) is 12.4. The van der Waals surface area contributed by atoms with Gasteiger partial charge in [-0.15, -0.1) is 0 Å². The van der Waals surface area contributed by atoms with E-state index in [0.29, 0.717) is 17.3 Å². The standard InChI is InChI=1S/C15H18FN3O2S/c1-9(2)12(14(21)19-15-17-7-8-22-15)18-13(20)10-3-5-11(16)6-4-10/h3-6,9,12H,7-8H2,1-2H3,(H,18,20)(H,17,19,21)/t12-/m0/s1. The zero-order valence-corrected chi connectivity index (χ0v) is 13.2. The molecule has 1 aliphatic heterocycles. The SMILES string of the molecule is CC(C)[C@H](NC(=O)c1ccc(F)cc1)C(=O)NC1=NCCS1. The van der Waals surface area contributed by atoms with Crippen molar-refractivity contribution >= 4 is 28.7 Å². The first-order valence-corrected chi connectivity index (χ1v) is 8.00. The molecule has 1 heterocycles. The van der Waals surface area contributed by atoms with Crippen molar-refractivity contribution in [2.24, 2.45) is 10.9 Å². The van der Waals surface area contributed by atoms with Crippen LogP contribution in [0, 0.1) is 11.7 Å². The van der Waals surface area contributed by atoms with Gasteiger partial charge in [-0.25, -0.2) is 4.39 Å². The van der Waals surface area contributed by atoms with Gasteiger partial charge in [0.1, 0.15) is 11.9 Å². The summed E-state index contributed by atoms with van der Waals surface area (Å²) in [5, 5.41) is 6.00. The average Bonchev–Trinajstić information content (AvgIpc) is 2.97. The van der Waals surface area contributed by atoms with Crippen LogP contribution in [0.5, 0.6) is 0 Å². The minimum Gasteiger partial charge on any atom is -0.340 e. The predicted octanol–water partition coefficient (Wildman–Crippen LogP) is 1.80. The fraction of sp³-hybridized carbons (Fsp3) is 0.400. The van der Waals surface area contributed by atoms with Crippen molar-refractivity contribution in [2.45, 2.75) is 19.9 Å². The van der Waals surface area contributed by atoms with E-state index >= 15 is 0 Å². The van der Waals surface area contributed by atoms with Crippen LogP contribution in [-0.2, 0) is 4.79 Å². The molecule has 0 fully saturated rings. The van der Waals surface area contributed by atoms with Crippen LogP contribution < -0.4 is 10.6 Å². The number of nitrogens with one attached hydrogen (secondary N) is 2. The molecule has 22 heavy (non-hydrogen) atoms. The molecule has 2 N–H and O–H groups in total. The molecule has 1 aromatic carbocycles. The second-order valence-electron chi connectivity index (χ2n) is 5.23. The van der Waals surface area contributed by atoms with Crippen molar-refractivity contribution in [3.05, 3.63) is 35.6 Å². The lowest BCUT2D eigenvalue weighted by Crippen LogP contribution is -2.50. The number of hydrogen-bond acceptors (Lipinski definition) is 4. The monoisotopic (exact) mass is 323 g/mol. The summed E-state index contributed by atoms with van der Waals surface area (Å²) < 4.78 is 12.9. The summed E-state index contributed by atoms with van der Waals surface area (Å²) in [7, 11) is 0. The fourth-order valence-corrected chi connectivity index (χ4v) is 2.69. The van der Waals surface area contributed by atoms with Crippen LogP contribution in [0.4, 0.5) is 4.39 Å². The van der Waals surface area contributed by atoms with Gasteiger partial charge in [0, 0.05) is 11.3 Å². The smallest absolute Gasteiger partial charge is 0.251 e. The van der Waals surface area contributed by atoms with E-state index in [1.165, 1.54) is 36.0 Å². The van der Waals surface area contributed by atoms with Gasteiger partial charge in [0.2, 0.25) is 5.91 Å². The normalized spacial score (nSPS) is 15.4. The Kier molecular flexibility index (Phi) is 5.54. The van der Waals surface area contributed by atoms with E-state index in [2.05, 4.69) is 15.6 Å². The van der Waals surface area contributed by atoms with E-state index in [-0.39, 0.29) is 11.8 Å². The summed E-state index contributed by atoms with van der Waals surface area (Å²) in [6, 6.07) is 4.52. The van der Waals surface area contributed by atoms with Crippen LogP contribution in [0.2, 0.25) is 0 Å². The molecule has 118 valence electrons. The van der Waals surface area contributed by atoms with Gasteiger partial charge in [-0.3, -0.25) is 14.6 Å². The maximum absolute atomic E-state index is 12.9. The first-order chi connectivity index (χ1) is 10.5. The van der Waals surface area contributed by atoms with Crippen molar-refractivity contribution in [1.82, 2.24) is 10.6 Å². The first kappa shape index (κ1) is 16.5. The Labute approximate surface area is 132 Å². The molecule has 1 aromatic rings. The number of amides is 2. The van der Waals surface area contributed by atoms with Gasteiger partial charge in [-0.2, -0.15) is 0 Å². The third-order valence-electron chi connectivity index (χ3n) is 3.16. The predicted molar refractivity (Wildman–Crippen MR) is 85.4 cm³/mol. The highest BCUT2D eigenvalue weighted by Crippen LogP contribution is 2.11. The number of nitrogens with zero attached hydrogens (tertiary/aromatic N) is 1. The maximum atomic E-state index is 12.9. The van der Waals surface area contributed by atoms with Gasteiger partial charge < -0.3 is 10.6 Å². The van der Waals surface area contributed by atoms with Crippen molar-refractivity contribution < 1.29 is 14.0 Å². The van der Waals surface area contributed by atoms with Crippen molar-refractivity contribution in [2.75, 3.05) is 12.3 Å². The van der Waals surface area contributed by atoms with E-state index in [4.69, 9.17) is 0 Å². The molecule has 5 nitrogen and oxygen atoms in total. The topological polar surface area (TPSA) is 70.6 Å². The number of carbonyl (C=O) groups is 2. The Morgan fingerprint density at radius 2 is 1.95 bits per heavy atom. The number of benzene rings is 1. The summed E-state index contributed by atoms with van der Waals surface area (Å²) in [5.41, 5.74) is 0.312. The Balaban J connectivity index is 2.02. The van der Waals surface area contributed by atoms with Gasteiger partial charge >= 0.3 is 0 Å². The zero-order chi connectivity index (χ0) is 16.1. The fourth-order valence-electron chi connectivity index (χ4n) is 1.95. The molecule has 7 heteroatoms. The number of hydrogen-bond donors (Lipinski definition) is 2. The maximum Gasteiger partial charge on any atom is 0.251 e. The summed E-state index contributed by atoms with van der Waals surface area (Å²) in [6.07, 6.45) is 0. The number of halogens is 1. The molecule has 0 aliphatic carbocycles. The van der Waals surface area contributed by atoms with E-state index in [1.54, 1.807) is 0 Å². The van der Waals surface area contributed by atoms with Crippen LogP contribution >= 0.6 is 11.8 Å². The molecule has 0 bridgehead atoms. The first-order valence-electron chi connectivity index (χ1n) is 7.02. The third-order valence-corrected chi connectivity index (χ3v) is 4.05. The molecule has 0 spiro atoms. The average molecular weight is 323 g/mol. The Morgan fingerprint density at radius 1 is 1.27 bits per heavy atom.